The quantitative estimate of drug-likeness (QED) is 0.584. The van der Waals surface area contributed by atoms with Gasteiger partial charge in [0.25, 0.3) is 0 Å². The zero-order valence-electron chi connectivity index (χ0n) is 7.83. The fraction of sp³-hybridized carbons (Fsp3) is 0.300. The number of aromatic carboxylic acids is 1. The van der Waals surface area contributed by atoms with Gasteiger partial charge in [-0.3, -0.25) is 0 Å². The molecule has 0 unspecified atom stereocenters. The molecule has 3 nitrogen and oxygen atoms in total. The number of thiophene rings is 1. The lowest BCUT2D eigenvalue weighted by molar-refractivity contribution is 0.0697. The first-order valence-corrected chi connectivity index (χ1v) is 5.13. The second-order valence-electron chi connectivity index (χ2n) is 2.66. The molecule has 0 saturated heterocycles. The van der Waals surface area contributed by atoms with Gasteiger partial charge in [0, 0.05) is 29.3 Å². The van der Waals surface area contributed by atoms with Crippen LogP contribution in [0.2, 0.25) is 0 Å². The first kappa shape index (κ1) is 10.8. The summed E-state index contributed by atoms with van der Waals surface area (Å²) in [5.41, 5.74) is 0.908. The average molecular weight is 209 g/mol. The van der Waals surface area contributed by atoms with Crippen LogP contribution >= 0.6 is 11.3 Å². The molecule has 2 N–H and O–H groups in total. The lowest BCUT2D eigenvalue weighted by Gasteiger charge is -1.89. The normalized spacial score (nSPS) is 9.21. The molecule has 0 aliphatic heterocycles. The van der Waals surface area contributed by atoms with E-state index in [-0.39, 0.29) is 0 Å². The van der Waals surface area contributed by atoms with Gasteiger partial charge in [0.05, 0.1) is 5.56 Å². The third-order valence-electron chi connectivity index (χ3n) is 1.62. The van der Waals surface area contributed by atoms with Crippen LogP contribution in [0.5, 0.6) is 0 Å². The molecule has 0 fully saturated rings. The largest absolute Gasteiger partial charge is 0.478 e. The molecule has 1 rings (SSSR count). The fourth-order valence-corrected chi connectivity index (χ4v) is 1.66. The summed E-state index contributed by atoms with van der Waals surface area (Å²) in [6.07, 6.45) is 0.728. The van der Waals surface area contributed by atoms with Gasteiger partial charge in [-0.2, -0.15) is 11.3 Å². The van der Waals surface area contributed by atoms with E-state index in [1.165, 1.54) is 11.3 Å². The fourth-order valence-electron chi connectivity index (χ4n) is 0.905. The second-order valence-corrected chi connectivity index (χ2v) is 3.40. The SMILES string of the molecule is CNCCC#Cc1cscc1C(=O)O. The Morgan fingerprint density at radius 3 is 3.07 bits per heavy atom. The van der Waals surface area contributed by atoms with Gasteiger partial charge in [0.1, 0.15) is 0 Å². The van der Waals surface area contributed by atoms with E-state index in [2.05, 4.69) is 17.2 Å². The van der Waals surface area contributed by atoms with E-state index in [0.29, 0.717) is 11.1 Å². The van der Waals surface area contributed by atoms with Gasteiger partial charge in [-0.25, -0.2) is 4.79 Å². The molecule has 1 aromatic heterocycles. The van der Waals surface area contributed by atoms with E-state index in [9.17, 15) is 4.79 Å². The standard InChI is InChI=1S/C10H11NO2S/c1-11-5-3-2-4-8-6-14-7-9(8)10(12)13/h6-7,11H,3,5H2,1H3,(H,12,13). The Kier molecular flexibility index (Phi) is 4.17. The maximum absolute atomic E-state index is 10.7. The minimum Gasteiger partial charge on any atom is -0.478 e. The molecular formula is C10H11NO2S. The van der Waals surface area contributed by atoms with Crippen molar-refractivity contribution < 1.29 is 9.90 Å². The van der Waals surface area contributed by atoms with Gasteiger partial charge in [-0.05, 0) is 7.05 Å². The Hall–Kier alpha value is -1.31. The van der Waals surface area contributed by atoms with Crippen molar-refractivity contribution in [1.29, 1.82) is 0 Å². The van der Waals surface area contributed by atoms with Crippen LogP contribution in [0.3, 0.4) is 0 Å². The van der Waals surface area contributed by atoms with Crippen LogP contribution in [-0.2, 0) is 0 Å². The van der Waals surface area contributed by atoms with Gasteiger partial charge in [0.15, 0.2) is 0 Å². The molecule has 0 aromatic carbocycles. The molecule has 0 aliphatic rings. The molecule has 74 valence electrons. The van der Waals surface area contributed by atoms with E-state index < -0.39 is 5.97 Å². The van der Waals surface area contributed by atoms with E-state index in [1.54, 1.807) is 10.8 Å². The molecule has 0 aliphatic carbocycles. The van der Waals surface area contributed by atoms with Crippen molar-refractivity contribution in [3.8, 4) is 11.8 Å². The highest BCUT2D eigenvalue weighted by atomic mass is 32.1. The van der Waals surface area contributed by atoms with Crippen molar-refractivity contribution in [2.75, 3.05) is 13.6 Å². The summed E-state index contributed by atoms with van der Waals surface area (Å²) >= 11 is 1.36. The van der Waals surface area contributed by atoms with Crippen molar-refractivity contribution >= 4 is 17.3 Å². The monoisotopic (exact) mass is 209 g/mol. The summed E-state index contributed by atoms with van der Waals surface area (Å²) in [5.74, 6) is 4.85. The van der Waals surface area contributed by atoms with Crippen LogP contribution in [0.1, 0.15) is 22.3 Å². The topological polar surface area (TPSA) is 49.3 Å². The Labute approximate surface area is 86.8 Å². The molecule has 14 heavy (non-hydrogen) atoms. The Balaban J connectivity index is 2.69. The number of carbonyl (C=O) groups is 1. The number of nitrogens with one attached hydrogen (secondary N) is 1. The summed E-state index contributed by atoms with van der Waals surface area (Å²) in [4.78, 5) is 10.7. The molecule has 0 amide bonds. The van der Waals surface area contributed by atoms with Crippen LogP contribution < -0.4 is 5.32 Å². The molecule has 1 heterocycles. The molecule has 1 aromatic rings. The molecule has 0 spiro atoms. The summed E-state index contributed by atoms with van der Waals surface area (Å²) in [7, 11) is 1.86. The average Bonchev–Trinajstić information content (AvgIpc) is 2.60. The highest BCUT2D eigenvalue weighted by molar-refractivity contribution is 7.08. The third-order valence-corrected chi connectivity index (χ3v) is 2.36. The second kappa shape index (κ2) is 5.43. The third kappa shape index (κ3) is 2.87. The maximum Gasteiger partial charge on any atom is 0.337 e. The van der Waals surface area contributed by atoms with Gasteiger partial charge >= 0.3 is 5.97 Å². The first-order valence-electron chi connectivity index (χ1n) is 4.18. The van der Waals surface area contributed by atoms with Crippen LogP contribution in [0.25, 0.3) is 0 Å². The summed E-state index contributed by atoms with van der Waals surface area (Å²) in [5, 5.41) is 15.1. The van der Waals surface area contributed by atoms with E-state index >= 15 is 0 Å². The zero-order valence-corrected chi connectivity index (χ0v) is 8.65. The van der Waals surface area contributed by atoms with Crippen molar-refractivity contribution in [3.63, 3.8) is 0 Å². The van der Waals surface area contributed by atoms with E-state index in [0.717, 1.165) is 13.0 Å². The molecule has 4 heteroatoms. The zero-order chi connectivity index (χ0) is 10.4. The van der Waals surface area contributed by atoms with Crippen LogP contribution in [0, 0.1) is 11.8 Å². The number of carboxylic acid groups (broad SMARTS) is 1. The Bertz CT molecular complexity index is 373. The summed E-state index contributed by atoms with van der Waals surface area (Å²) in [6, 6.07) is 0. The summed E-state index contributed by atoms with van der Waals surface area (Å²) in [6.45, 7) is 0.819. The number of hydrogen-bond acceptors (Lipinski definition) is 3. The highest BCUT2D eigenvalue weighted by Gasteiger charge is 2.08. The smallest absolute Gasteiger partial charge is 0.337 e. The molecule has 0 radical (unpaired) electrons. The van der Waals surface area contributed by atoms with Crippen LogP contribution in [0.15, 0.2) is 10.8 Å². The number of hydrogen-bond donors (Lipinski definition) is 2. The van der Waals surface area contributed by atoms with E-state index in [4.69, 9.17) is 5.11 Å². The van der Waals surface area contributed by atoms with Gasteiger partial charge in [0.2, 0.25) is 0 Å². The number of rotatable bonds is 3. The molecule has 0 atom stereocenters. The molecular weight excluding hydrogens is 198 g/mol. The summed E-state index contributed by atoms with van der Waals surface area (Å²) < 4.78 is 0. The van der Waals surface area contributed by atoms with Gasteiger partial charge in [-0.15, -0.1) is 0 Å². The lowest BCUT2D eigenvalue weighted by Crippen LogP contribution is -2.05. The van der Waals surface area contributed by atoms with Crippen molar-refractivity contribution in [3.05, 3.63) is 21.9 Å². The van der Waals surface area contributed by atoms with Crippen molar-refractivity contribution in [1.82, 2.24) is 5.32 Å². The predicted octanol–water partition coefficient (Wildman–Crippen LogP) is 1.41. The van der Waals surface area contributed by atoms with Gasteiger partial charge < -0.3 is 10.4 Å². The Morgan fingerprint density at radius 2 is 2.43 bits per heavy atom. The van der Waals surface area contributed by atoms with Crippen molar-refractivity contribution in [2.24, 2.45) is 0 Å². The molecule has 0 bridgehead atoms. The minimum absolute atomic E-state index is 0.298. The predicted molar refractivity (Wildman–Crippen MR) is 56.7 cm³/mol. The molecule has 0 saturated carbocycles. The van der Waals surface area contributed by atoms with E-state index in [1.807, 2.05) is 7.05 Å². The van der Waals surface area contributed by atoms with Gasteiger partial charge in [-0.1, -0.05) is 11.8 Å². The number of carboxylic acids is 1. The van der Waals surface area contributed by atoms with Crippen LogP contribution in [-0.4, -0.2) is 24.7 Å². The minimum atomic E-state index is -0.913. The highest BCUT2D eigenvalue weighted by Crippen LogP contribution is 2.13. The van der Waals surface area contributed by atoms with Crippen molar-refractivity contribution in [2.45, 2.75) is 6.42 Å². The van der Waals surface area contributed by atoms with Crippen LogP contribution in [0.4, 0.5) is 0 Å². The Morgan fingerprint density at radius 1 is 1.64 bits per heavy atom. The maximum atomic E-state index is 10.7. The first-order chi connectivity index (χ1) is 6.75. The lowest BCUT2D eigenvalue weighted by atomic mass is 10.2.